The van der Waals surface area contributed by atoms with Gasteiger partial charge in [-0.3, -0.25) is 9.36 Å². The summed E-state index contributed by atoms with van der Waals surface area (Å²) in [5.41, 5.74) is 1.77. The van der Waals surface area contributed by atoms with E-state index < -0.39 is 28.6 Å². The highest BCUT2D eigenvalue weighted by Gasteiger charge is 2.40. The summed E-state index contributed by atoms with van der Waals surface area (Å²) in [5, 5.41) is 0.424. The number of nitrogens with zero attached hydrogens (tertiary/aromatic N) is 3. The standard InChI is InChI=1S/C20H28F2N4O2S/c1-12-9-14(13(2)24-29(28)19(3,4)5)16-15(10-12)17(27)25(6)18(23-16)26-8-7-20(21,22)11-26/h9-10,13,24H,7-8,11H2,1-6H3/t13-,29?/m1/s1. The molecule has 0 radical (unpaired) electrons. The lowest BCUT2D eigenvalue weighted by molar-refractivity contribution is 0.0256. The molecule has 1 unspecified atom stereocenters. The first-order valence-corrected chi connectivity index (χ1v) is 10.8. The largest absolute Gasteiger partial charge is 0.598 e. The molecule has 160 valence electrons. The van der Waals surface area contributed by atoms with Crippen molar-refractivity contribution in [2.45, 2.75) is 57.8 Å². The molecule has 0 aliphatic carbocycles. The zero-order chi connectivity index (χ0) is 21.7. The SMILES string of the molecule is Cc1cc([C@@H](C)N[S+]([O-])C(C)(C)C)c2nc(N3CCC(F)(F)C3)n(C)c(=O)c2c1. The van der Waals surface area contributed by atoms with Crippen LogP contribution in [-0.2, 0) is 18.4 Å². The topological polar surface area (TPSA) is 73.2 Å². The fraction of sp³-hybridized carbons (Fsp3) is 0.600. The monoisotopic (exact) mass is 426 g/mol. The highest BCUT2D eigenvalue weighted by atomic mass is 32.2. The van der Waals surface area contributed by atoms with Crippen molar-refractivity contribution < 1.29 is 13.3 Å². The Morgan fingerprint density at radius 3 is 2.55 bits per heavy atom. The number of halogens is 2. The number of anilines is 1. The number of alkyl halides is 2. The number of hydrogen-bond donors (Lipinski definition) is 1. The minimum atomic E-state index is -2.79. The molecule has 2 atom stereocenters. The van der Waals surface area contributed by atoms with Crippen LogP contribution in [0.4, 0.5) is 14.7 Å². The molecule has 3 rings (SSSR count). The Bertz CT molecular complexity index is 987. The molecule has 1 fully saturated rings. The van der Waals surface area contributed by atoms with Crippen LogP contribution in [0.25, 0.3) is 10.9 Å². The fourth-order valence-corrected chi connectivity index (χ4v) is 4.26. The molecule has 29 heavy (non-hydrogen) atoms. The first kappa shape index (κ1) is 22.0. The molecular formula is C20H28F2N4O2S. The van der Waals surface area contributed by atoms with Crippen LogP contribution in [0.2, 0.25) is 0 Å². The van der Waals surface area contributed by atoms with E-state index in [-0.39, 0.29) is 30.5 Å². The Balaban J connectivity index is 2.12. The lowest BCUT2D eigenvalue weighted by Crippen LogP contribution is -2.40. The molecule has 9 heteroatoms. The van der Waals surface area contributed by atoms with Crippen LogP contribution in [0.15, 0.2) is 16.9 Å². The zero-order valence-corrected chi connectivity index (χ0v) is 18.5. The van der Waals surface area contributed by atoms with E-state index in [0.29, 0.717) is 10.9 Å². The predicted octanol–water partition coefficient (Wildman–Crippen LogP) is 3.20. The number of nitrogens with one attached hydrogen (secondary N) is 1. The Kier molecular flexibility index (Phi) is 5.70. The third kappa shape index (κ3) is 4.41. The van der Waals surface area contributed by atoms with Gasteiger partial charge in [0, 0.05) is 36.9 Å². The molecule has 1 aromatic carbocycles. The van der Waals surface area contributed by atoms with E-state index in [2.05, 4.69) is 9.71 Å². The number of aryl methyl sites for hydroxylation is 1. The summed E-state index contributed by atoms with van der Waals surface area (Å²) in [4.78, 5) is 19.1. The number of rotatable bonds is 4. The van der Waals surface area contributed by atoms with Gasteiger partial charge in [0.15, 0.2) is 0 Å². The average molecular weight is 427 g/mol. The highest BCUT2D eigenvalue weighted by molar-refractivity contribution is 7.90. The van der Waals surface area contributed by atoms with Crippen LogP contribution in [0.3, 0.4) is 0 Å². The van der Waals surface area contributed by atoms with E-state index in [1.807, 2.05) is 40.7 Å². The van der Waals surface area contributed by atoms with E-state index in [9.17, 15) is 18.1 Å². The van der Waals surface area contributed by atoms with Crippen molar-refractivity contribution in [3.63, 3.8) is 0 Å². The van der Waals surface area contributed by atoms with Crippen LogP contribution in [-0.4, -0.2) is 37.9 Å². The Hall–Kier alpha value is -1.71. The van der Waals surface area contributed by atoms with Gasteiger partial charge in [-0.25, -0.2) is 13.8 Å². The van der Waals surface area contributed by atoms with Gasteiger partial charge in [-0.15, -0.1) is 4.72 Å². The summed E-state index contributed by atoms with van der Waals surface area (Å²) in [6.07, 6.45) is -0.260. The summed E-state index contributed by atoms with van der Waals surface area (Å²) in [6, 6.07) is 3.31. The lowest BCUT2D eigenvalue weighted by Gasteiger charge is -2.27. The summed E-state index contributed by atoms with van der Waals surface area (Å²) in [5.74, 6) is -2.56. The second-order valence-electron chi connectivity index (χ2n) is 8.77. The molecule has 2 aromatic rings. The van der Waals surface area contributed by atoms with Crippen molar-refractivity contribution in [2.75, 3.05) is 18.0 Å². The van der Waals surface area contributed by atoms with Crippen molar-refractivity contribution in [1.29, 1.82) is 0 Å². The predicted molar refractivity (Wildman–Crippen MR) is 113 cm³/mol. The number of fused-ring (bicyclic) bond motifs is 1. The second kappa shape index (κ2) is 7.52. The van der Waals surface area contributed by atoms with Gasteiger partial charge in [0.1, 0.15) is 4.75 Å². The van der Waals surface area contributed by atoms with E-state index >= 15 is 0 Å². The van der Waals surface area contributed by atoms with Crippen molar-refractivity contribution in [1.82, 2.24) is 14.3 Å². The lowest BCUT2D eigenvalue weighted by atomic mass is 10.0. The van der Waals surface area contributed by atoms with Crippen LogP contribution in [0, 0.1) is 6.92 Å². The molecule has 0 bridgehead atoms. The van der Waals surface area contributed by atoms with Gasteiger partial charge in [0.2, 0.25) is 5.95 Å². The van der Waals surface area contributed by atoms with Gasteiger partial charge in [-0.2, -0.15) is 0 Å². The second-order valence-corrected chi connectivity index (χ2v) is 10.8. The summed E-state index contributed by atoms with van der Waals surface area (Å²) < 4.78 is 44.0. The minimum absolute atomic E-state index is 0.141. The molecule has 2 heterocycles. The normalized spacial score (nSPS) is 19.0. The van der Waals surface area contributed by atoms with Crippen LogP contribution in [0.1, 0.15) is 51.3 Å². The van der Waals surface area contributed by atoms with Gasteiger partial charge < -0.3 is 9.45 Å². The maximum Gasteiger partial charge on any atom is 0.267 e. The van der Waals surface area contributed by atoms with Crippen LogP contribution >= 0.6 is 0 Å². The van der Waals surface area contributed by atoms with Gasteiger partial charge in [0.25, 0.3) is 11.5 Å². The summed E-state index contributed by atoms with van der Waals surface area (Å²) in [7, 11) is 1.55. The van der Waals surface area contributed by atoms with Crippen LogP contribution in [0.5, 0.6) is 0 Å². The van der Waals surface area contributed by atoms with E-state index in [1.54, 1.807) is 13.1 Å². The van der Waals surface area contributed by atoms with E-state index in [1.165, 1.54) is 9.47 Å². The first-order valence-electron chi connectivity index (χ1n) is 9.62. The molecule has 6 nitrogen and oxygen atoms in total. The third-order valence-corrected chi connectivity index (χ3v) is 6.77. The van der Waals surface area contributed by atoms with Gasteiger partial charge in [-0.1, -0.05) is 6.07 Å². The molecule has 1 saturated heterocycles. The molecule has 0 saturated carbocycles. The Morgan fingerprint density at radius 2 is 2.00 bits per heavy atom. The zero-order valence-electron chi connectivity index (χ0n) is 17.7. The maximum atomic E-state index is 13.7. The van der Waals surface area contributed by atoms with E-state index in [0.717, 1.165) is 11.1 Å². The number of hydrogen-bond acceptors (Lipinski definition) is 5. The number of aromatic nitrogens is 2. The molecule has 1 aromatic heterocycles. The van der Waals surface area contributed by atoms with Crippen molar-refractivity contribution in [3.8, 4) is 0 Å². The van der Waals surface area contributed by atoms with E-state index in [4.69, 9.17) is 0 Å². The molecule has 0 amide bonds. The van der Waals surface area contributed by atoms with Gasteiger partial charge >= 0.3 is 0 Å². The summed E-state index contributed by atoms with van der Waals surface area (Å²) in [6.45, 7) is 9.04. The molecule has 1 aliphatic heterocycles. The van der Waals surface area contributed by atoms with Gasteiger partial charge in [-0.05, 0) is 46.2 Å². The maximum absolute atomic E-state index is 13.7. The quantitative estimate of drug-likeness (QED) is 0.760. The van der Waals surface area contributed by atoms with Crippen molar-refractivity contribution in [2.24, 2.45) is 7.05 Å². The fourth-order valence-electron chi connectivity index (χ4n) is 3.46. The summed E-state index contributed by atoms with van der Waals surface area (Å²) >= 11 is -1.32. The first-order chi connectivity index (χ1) is 13.3. The molecule has 1 aliphatic rings. The molecule has 1 N–H and O–H groups in total. The number of benzene rings is 1. The Morgan fingerprint density at radius 1 is 1.34 bits per heavy atom. The third-order valence-electron chi connectivity index (χ3n) is 5.09. The van der Waals surface area contributed by atoms with Crippen LogP contribution < -0.4 is 15.2 Å². The Labute approximate surface area is 172 Å². The smallest absolute Gasteiger partial charge is 0.267 e. The minimum Gasteiger partial charge on any atom is -0.598 e. The van der Waals surface area contributed by atoms with Gasteiger partial charge in [0.05, 0.1) is 23.5 Å². The molecule has 0 spiro atoms. The van der Waals surface area contributed by atoms with Crippen molar-refractivity contribution in [3.05, 3.63) is 33.6 Å². The molecular weight excluding hydrogens is 398 g/mol. The average Bonchev–Trinajstić information content (AvgIpc) is 2.96. The van der Waals surface area contributed by atoms with Crippen molar-refractivity contribution >= 4 is 28.2 Å². The highest BCUT2D eigenvalue weighted by Crippen LogP contribution is 2.31.